The summed E-state index contributed by atoms with van der Waals surface area (Å²) in [4.78, 5) is 0. The largest absolute Gasteiger partial charge is 0.396 e. The molecule has 1 aliphatic rings. The quantitative estimate of drug-likeness (QED) is 0.631. The zero-order chi connectivity index (χ0) is 9.84. The molecule has 1 N–H and O–H groups in total. The smallest absolute Gasteiger partial charge is 0.0637 e. The summed E-state index contributed by atoms with van der Waals surface area (Å²) in [5, 5.41) is 8.87. The average Bonchev–Trinajstić information content (AvgIpc) is 2.41. The Labute approximate surface area is 89.2 Å². The van der Waals surface area contributed by atoms with Crippen LogP contribution in [0.3, 0.4) is 0 Å². The molecular weight excluding hydrogens is 267 g/mol. The second-order valence-electron chi connectivity index (χ2n) is 3.41. The van der Waals surface area contributed by atoms with Gasteiger partial charge >= 0.3 is 0 Å². The number of alkyl halides is 1. The minimum Gasteiger partial charge on any atom is -0.396 e. The number of ether oxygens (including phenoxy) is 1. The van der Waals surface area contributed by atoms with Crippen LogP contribution in [0, 0.1) is 11.8 Å². The van der Waals surface area contributed by atoms with Crippen molar-refractivity contribution >= 4 is 22.6 Å². The Balaban J connectivity index is 2.48. The highest BCUT2D eigenvalue weighted by Crippen LogP contribution is 2.29. The van der Waals surface area contributed by atoms with E-state index in [1.807, 2.05) is 0 Å². The summed E-state index contributed by atoms with van der Waals surface area (Å²) >= 11 is 2.33. The number of rotatable bonds is 4. The Morgan fingerprint density at radius 2 is 2.58 bits per heavy atom. The minimum atomic E-state index is -0.343. The Bertz CT molecular complexity index is 157. The van der Waals surface area contributed by atoms with Gasteiger partial charge in [-0.1, -0.05) is 29.5 Å². The number of hydrogen-bond acceptors (Lipinski definition) is 2. The van der Waals surface area contributed by atoms with Crippen molar-refractivity contribution in [2.75, 3.05) is 17.6 Å². The fourth-order valence-electron chi connectivity index (χ4n) is 1.66. The van der Waals surface area contributed by atoms with Gasteiger partial charge in [0.05, 0.1) is 7.47 Å². The molecule has 0 amide bonds. The maximum atomic E-state index is 8.87. The topological polar surface area (TPSA) is 29.5 Å². The Morgan fingerprint density at radius 1 is 1.83 bits per heavy atom. The van der Waals surface area contributed by atoms with Crippen LogP contribution in [0.15, 0.2) is 0 Å². The first-order valence-corrected chi connectivity index (χ1v) is 5.96. The summed E-state index contributed by atoms with van der Waals surface area (Å²) in [5.74, 6) is 0.879. The van der Waals surface area contributed by atoms with Crippen LogP contribution in [0.4, 0.5) is 0 Å². The molecule has 0 aliphatic carbocycles. The predicted octanol–water partition coefficient (Wildman–Crippen LogP) is 1.85. The monoisotopic (exact) mass is 286 g/mol. The standard InChI is InChI=1S/C9H17IO2/c1-7-3-5-12-9(7)8(6-10)2-4-11/h7-9,11H,2-6H2,1H3/t7-,8+,9-/m0/s1/i5T/t5-,7+,8-,9+/m1. The van der Waals surface area contributed by atoms with E-state index in [1.165, 1.54) is 0 Å². The molecule has 0 unspecified atom stereocenters. The third-order valence-electron chi connectivity index (χ3n) is 2.44. The highest BCUT2D eigenvalue weighted by Gasteiger charge is 2.30. The second-order valence-corrected chi connectivity index (χ2v) is 4.29. The van der Waals surface area contributed by atoms with E-state index in [0.29, 0.717) is 11.8 Å². The van der Waals surface area contributed by atoms with Gasteiger partial charge in [0.2, 0.25) is 0 Å². The zero-order valence-corrected chi connectivity index (χ0v) is 9.53. The van der Waals surface area contributed by atoms with E-state index in [4.69, 9.17) is 11.2 Å². The van der Waals surface area contributed by atoms with Crippen LogP contribution in [0.2, 0.25) is 0 Å². The SMILES string of the molecule is [3H][C@@H]1C[C@H](C)[C@@H]([C@@H](CI)CCO)O1. The van der Waals surface area contributed by atoms with E-state index in [2.05, 4.69) is 29.5 Å². The van der Waals surface area contributed by atoms with Gasteiger partial charge in [-0.05, 0) is 24.7 Å². The van der Waals surface area contributed by atoms with Crippen molar-refractivity contribution in [3.8, 4) is 0 Å². The summed E-state index contributed by atoms with van der Waals surface area (Å²) in [5.41, 5.74) is 0. The van der Waals surface area contributed by atoms with Gasteiger partial charge in [0.15, 0.2) is 0 Å². The molecule has 4 atom stereocenters. The van der Waals surface area contributed by atoms with Crippen LogP contribution < -0.4 is 0 Å². The van der Waals surface area contributed by atoms with Crippen molar-refractivity contribution in [2.45, 2.75) is 25.9 Å². The predicted molar refractivity (Wildman–Crippen MR) is 57.6 cm³/mol. The van der Waals surface area contributed by atoms with Gasteiger partial charge in [0.1, 0.15) is 0 Å². The molecule has 0 radical (unpaired) electrons. The van der Waals surface area contributed by atoms with Crippen LogP contribution >= 0.6 is 22.6 Å². The molecule has 1 fully saturated rings. The van der Waals surface area contributed by atoms with E-state index in [-0.39, 0.29) is 19.3 Å². The third-order valence-corrected chi connectivity index (χ3v) is 3.58. The van der Waals surface area contributed by atoms with E-state index >= 15 is 0 Å². The van der Waals surface area contributed by atoms with Crippen LogP contribution in [0.5, 0.6) is 0 Å². The van der Waals surface area contributed by atoms with Gasteiger partial charge < -0.3 is 9.84 Å². The lowest BCUT2D eigenvalue weighted by Gasteiger charge is -2.23. The summed E-state index contributed by atoms with van der Waals surface area (Å²) in [6.07, 6.45) is 1.82. The molecular formula is C9H17IO2. The van der Waals surface area contributed by atoms with Crippen molar-refractivity contribution in [1.82, 2.24) is 0 Å². The van der Waals surface area contributed by atoms with Crippen LogP contribution in [0.25, 0.3) is 0 Å². The second kappa shape index (κ2) is 5.40. The van der Waals surface area contributed by atoms with Crippen molar-refractivity contribution < 1.29 is 11.2 Å². The number of hydrogen-bond donors (Lipinski definition) is 1. The molecule has 0 spiro atoms. The van der Waals surface area contributed by atoms with Crippen molar-refractivity contribution in [3.63, 3.8) is 0 Å². The van der Waals surface area contributed by atoms with Gasteiger partial charge in [-0.15, -0.1) is 0 Å². The number of aliphatic hydroxyl groups is 1. The normalized spacial score (nSPS) is 39.6. The molecule has 0 aromatic heterocycles. The lowest BCUT2D eigenvalue weighted by Crippen LogP contribution is -2.27. The molecule has 0 saturated carbocycles. The maximum Gasteiger partial charge on any atom is 0.0637 e. The van der Waals surface area contributed by atoms with E-state index in [1.54, 1.807) is 0 Å². The molecule has 1 heterocycles. The van der Waals surface area contributed by atoms with E-state index in [9.17, 15) is 0 Å². The van der Waals surface area contributed by atoms with E-state index in [0.717, 1.165) is 17.3 Å². The van der Waals surface area contributed by atoms with Gasteiger partial charge in [-0.25, -0.2) is 0 Å². The van der Waals surface area contributed by atoms with Gasteiger partial charge in [0.25, 0.3) is 0 Å². The van der Waals surface area contributed by atoms with Crippen LogP contribution in [-0.4, -0.2) is 28.8 Å². The summed E-state index contributed by atoms with van der Waals surface area (Å²) in [7, 11) is 0. The number of aliphatic hydroxyl groups excluding tert-OH is 1. The Kier molecular flexibility index (Phi) is 4.14. The average molecular weight is 286 g/mol. The first-order chi connectivity index (χ1) is 6.19. The zero-order valence-electron chi connectivity index (χ0n) is 8.37. The molecule has 1 rings (SSSR count). The number of halogens is 1. The molecule has 2 nitrogen and oxygen atoms in total. The molecule has 3 heteroatoms. The molecule has 0 aromatic rings. The van der Waals surface area contributed by atoms with Crippen molar-refractivity contribution in [3.05, 3.63) is 0 Å². The fourth-order valence-corrected chi connectivity index (χ4v) is 2.60. The van der Waals surface area contributed by atoms with E-state index < -0.39 is 0 Å². The van der Waals surface area contributed by atoms with Crippen LogP contribution in [0.1, 0.15) is 21.1 Å². The molecule has 12 heavy (non-hydrogen) atoms. The van der Waals surface area contributed by atoms with Crippen molar-refractivity contribution in [1.29, 1.82) is 0 Å². The molecule has 72 valence electrons. The van der Waals surface area contributed by atoms with Crippen molar-refractivity contribution in [2.24, 2.45) is 11.8 Å². The first kappa shape index (κ1) is 9.21. The lowest BCUT2D eigenvalue weighted by atomic mass is 9.91. The molecule has 1 saturated heterocycles. The van der Waals surface area contributed by atoms with Gasteiger partial charge in [-0.3, -0.25) is 0 Å². The maximum absolute atomic E-state index is 8.87. The fraction of sp³-hybridized carbons (Fsp3) is 1.00. The first-order valence-electron chi connectivity index (χ1n) is 5.01. The summed E-state index contributed by atoms with van der Waals surface area (Å²) < 4.78 is 14.0. The summed E-state index contributed by atoms with van der Waals surface area (Å²) in [6, 6.07) is 0. The van der Waals surface area contributed by atoms with Gasteiger partial charge in [0, 0.05) is 17.6 Å². The molecule has 0 aromatic carbocycles. The highest BCUT2D eigenvalue weighted by molar-refractivity contribution is 14.1. The minimum absolute atomic E-state index is 0.187. The highest BCUT2D eigenvalue weighted by atomic mass is 127. The van der Waals surface area contributed by atoms with Crippen LogP contribution in [-0.2, 0) is 4.74 Å². The summed E-state index contributed by atoms with van der Waals surface area (Å²) in [6.45, 7) is 2.02. The lowest BCUT2D eigenvalue weighted by molar-refractivity contribution is 0.0445. The van der Waals surface area contributed by atoms with Gasteiger partial charge in [-0.2, -0.15) is 0 Å². The Hall–Kier alpha value is 0.650. The Morgan fingerprint density at radius 3 is 3.00 bits per heavy atom. The molecule has 0 bridgehead atoms. The molecule has 1 aliphatic heterocycles. The third kappa shape index (κ3) is 2.57.